The van der Waals surface area contributed by atoms with Crippen LogP contribution in [0.2, 0.25) is 0 Å². The van der Waals surface area contributed by atoms with Crippen LogP contribution in [0.3, 0.4) is 0 Å². The maximum atomic E-state index is 13.9. The molecule has 2 aromatic rings. The van der Waals surface area contributed by atoms with Crippen molar-refractivity contribution in [3.8, 4) is 11.5 Å². The van der Waals surface area contributed by atoms with Crippen LogP contribution in [0.4, 0.5) is 13.2 Å². The molecule has 0 amide bonds. The van der Waals surface area contributed by atoms with Crippen LogP contribution < -0.4 is 0 Å². The molecule has 2 aromatic carbocycles. The van der Waals surface area contributed by atoms with Gasteiger partial charge in [-0.1, -0.05) is 18.2 Å². The average Bonchev–Trinajstić information content (AvgIpc) is 2.97. The fourth-order valence-electron chi connectivity index (χ4n) is 6.43. The highest BCUT2D eigenvalue weighted by molar-refractivity contribution is 6.20. The van der Waals surface area contributed by atoms with Crippen molar-refractivity contribution in [3.63, 3.8) is 0 Å². The van der Waals surface area contributed by atoms with Gasteiger partial charge in [-0.25, -0.2) is 0 Å². The minimum Gasteiger partial charge on any atom is -0.507 e. The van der Waals surface area contributed by atoms with Crippen LogP contribution in [-0.2, 0) is 43.2 Å². The molecule has 5 N–H and O–H groups in total. The number of benzene rings is 2. The number of ketones is 3. The largest absolute Gasteiger partial charge is 0.507 e. The van der Waals surface area contributed by atoms with E-state index in [1.54, 1.807) is 6.07 Å². The number of carbonyl (C=O) groups excluding carboxylic acids is 3. The van der Waals surface area contributed by atoms with Crippen LogP contribution in [0.1, 0.15) is 67.5 Å². The zero-order chi connectivity index (χ0) is 33.0. The minimum atomic E-state index is -5.01. The van der Waals surface area contributed by atoms with E-state index in [4.69, 9.17) is 18.9 Å². The lowest BCUT2D eigenvalue weighted by molar-refractivity contribution is -0.339. The Kier molecular flexibility index (Phi) is 8.82. The Labute approximate surface area is 253 Å². The van der Waals surface area contributed by atoms with E-state index < -0.39 is 114 Å². The van der Waals surface area contributed by atoms with Crippen molar-refractivity contribution in [3.05, 3.63) is 57.1 Å². The summed E-state index contributed by atoms with van der Waals surface area (Å²) in [6, 6.07) is 4.55. The quantitative estimate of drug-likeness (QED) is 0.275. The maximum Gasteiger partial charge on any atom is 0.417 e. The molecule has 3 aliphatic rings. The lowest BCUT2D eigenvalue weighted by atomic mass is 9.72. The molecule has 2 aliphatic carbocycles. The number of phenolic OH excluding ortho intramolecular Hbond substituents is 2. The lowest BCUT2D eigenvalue weighted by Crippen LogP contribution is -2.56. The molecular formula is C30H31F3O12. The van der Waals surface area contributed by atoms with Gasteiger partial charge in [-0.05, 0) is 11.1 Å². The van der Waals surface area contributed by atoms with E-state index in [-0.39, 0.29) is 24.2 Å². The van der Waals surface area contributed by atoms with E-state index in [2.05, 4.69) is 0 Å². The predicted octanol–water partition coefficient (Wildman–Crippen LogP) is 1.56. The third-order valence-electron chi connectivity index (χ3n) is 8.55. The Balaban J connectivity index is 1.67. The summed E-state index contributed by atoms with van der Waals surface area (Å²) in [5.74, 6) is -4.54. The number of rotatable bonds is 7. The van der Waals surface area contributed by atoms with Crippen molar-refractivity contribution in [1.82, 2.24) is 0 Å². The molecular weight excluding hydrogens is 609 g/mol. The maximum absolute atomic E-state index is 13.9. The second-order valence-electron chi connectivity index (χ2n) is 11.3. The van der Waals surface area contributed by atoms with Crippen molar-refractivity contribution in [2.24, 2.45) is 0 Å². The minimum absolute atomic E-state index is 0.0542. The Morgan fingerprint density at radius 3 is 2.47 bits per heavy atom. The number of hydrogen-bond donors (Lipinski definition) is 5. The second kappa shape index (κ2) is 12.1. The van der Waals surface area contributed by atoms with Crippen molar-refractivity contribution >= 4 is 17.3 Å². The van der Waals surface area contributed by atoms with Gasteiger partial charge in [0, 0.05) is 56.6 Å². The first-order valence-electron chi connectivity index (χ1n) is 13.9. The number of phenols is 2. The molecule has 45 heavy (non-hydrogen) atoms. The second-order valence-corrected chi connectivity index (χ2v) is 11.3. The number of carbonyl (C=O) groups is 3. The highest BCUT2D eigenvalue weighted by Gasteiger charge is 2.55. The van der Waals surface area contributed by atoms with Gasteiger partial charge in [-0.15, -0.1) is 0 Å². The molecule has 1 heterocycles. The van der Waals surface area contributed by atoms with Gasteiger partial charge in [0.1, 0.15) is 29.8 Å². The summed E-state index contributed by atoms with van der Waals surface area (Å²) in [6.45, 7) is -1.24. The number of aliphatic hydroxyl groups excluding tert-OH is 2. The number of fused-ring (bicyclic) bond motifs is 4. The van der Waals surface area contributed by atoms with Crippen LogP contribution in [0.25, 0.3) is 0 Å². The van der Waals surface area contributed by atoms with Gasteiger partial charge in [0.15, 0.2) is 29.7 Å². The summed E-state index contributed by atoms with van der Waals surface area (Å²) < 4.78 is 62.2. The first-order chi connectivity index (χ1) is 21.2. The number of alkyl halides is 3. The summed E-state index contributed by atoms with van der Waals surface area (Å²) in [7, 11) is 2.34. The van der Waals surface area contributed by atoms with Crippen LogP contribution in [0, 0.1) is 0 Å². The summed E-state index contributed by atoms with van der Waals surface area (Å²) >= 11 is 0. The van der Waals surface area contributed by atoms with Crippen molar-refractivity contribution in [2.45, 2.75) is 74.8 Å². The molecule has 15 heteroatoms. The van der Waals surface area contributed by atoms with E-state index in [1.165, 1.54) is 19.2 Å². The standard InChI is InChI=1S/C30H31F3O12/c1-42-11-15-12-4-3-5-13(15)24(38)23-22(16(35)6-12)26(40)21-14(25(23)39)8-29(41,19(37)10-34)9-18(21)44-20-7-17(36)27(43-2)28(45-20)30(31,32)33/h3-5,17-18,20,27-28,34,36,39-41H,6-11H2,1-2H3/t17?,18-,20?,27?,28?,29-/m0/s1. The SMILES string of the molecule is COCc1c2cccc1C(=O)c1c(O)c3c(c(O)c1C(=O)C2)[C@@H](OC1CC(O)C(OC)C(C(F)(F)F)O1)C[C@](O)(C(=O)CO)C3. The van der Waals surface area contributed by atoms with Crippen LogP contribution in [0.5, 0.6) is 11.5 Å². The number of Topliss-reactive ketones (excluding diaryl/α,β-unsaturated/α-hetero) is 2. The number of methoxy groups -OCH3 is 2. The lowest BCUT2D eigenvalue weighted by Gasteiger charge is -2.43. The Morgan fingerprint density at radius 1 is 1.13 bits per heavy atom. The molecule has 0 radical (unpaired) electrons. The normalized spacial score (nSPS) is 28.2. The number of halogens is 3. The van der Waals surface area contributed by atoms with Gasteiger partial charge in [0.2, 0.25) is 0 Å². The fourth-order valence-corrected chi connectivity index (χ4v) is 6.43. The van der Waals surface area contributed by atoms with E-state index in [0.717, 1.165) is 7.11 Å². The van der Waals surface area contributed by atoms with E-state index in [1.807, 2.05) is 0 Å². The molecule has 12 nitrogen and oxygen atoms in total. The summed E-state index contributed by atoms with van der Waals surface area (Å²) in [5.41, 5.74) is -3.64. The molecule has 1 saturated heterocycles. The van der Waals surface area contributed by atoms with Crippen LogP contribution in [0.15, 0.2) is 18.2 Å². The van der Waals surface area contributed by atoms with E-state index >= 15 is 0 Å². The first kappa shape index (κ1) is 32.9. The number of aliphatic hydroxyl groups is 3. The monoisotopic (exact) mass is 640 g/mol. The summed E-state index contributed by atoms with van der Waals surface area (Å²) in [5, 5.41) is 54.4. The van der Waals surface area contributed by atoms with Crippen molar-refractivity contribution in [2.75, 3.05) is 20.8 Å². The fraction of sp³-hybridized carbons (Fsp3) is 0.500. The molecule has 6 atom stereocenters. The third-order valence-corrected chi connectivity index (χ3v) is 8.55. The smallest absolute Gasteiger partial charge is 0.417 e. The molecule has 1 fully saturated rings. The van der Waals surface area contributed by atoms with Crippen LogP contribution in [-0.4, -0.2) is 100 Å². The summed E-state index contributed by atoms with van der Waals surface area (Å²) in [4.78, 5) is 40.2. The molecule has 1 aliphatic heterocycles. The number of ether oxygens (including phenoxy) is 4. The topological polar surface area (TPSA) is 189 Å². The first-order valence-corrected chi connectivity index (χ1v) is 13.9. The van der Waals surface area contributed by atoms with E-state index in [9.17, 15) is 53.1 Å². The van der Waals surface area contributed by atoms with Crippen molar-refractivity contribution in [1.29, 1.82) is 0 Å². The molecule has 4 unspecified atom stereocenters. The molecule has 0 spiro atoms. The molecule has 0 saturated carbocycles. The average molecular weight is 641 g/mol. The Hall–Kier alpha value is -3.44. The zero-order valence-electron chi connectivity index (χ0n) is 24.1. The van der Waals surface area contributed by atoms with Gasteiger partial charge in [-0.2, -0.15) is 13.2 Å². The summed E-state index contributed by atoms with van der Waals surface area (Å²) in [6.07, 6.45) is -17.2. The van der Waals surface area contributed by atoms with Gasteiger partial charge >= 0.3 is 6.18 Å². The van der Waals surface area contributed by atoms with Gasteiger partial charge < -0.3 is 44.5 Å². The molecule has 2 bridgehead atoms. The highest BCUT2D eigenvalue weighted by Crippen LogP contribution is 2.51. The molecule has 0 aromatic heterocycles. The van der Waals surface area contributed by atoms with Crippen LogP contribution >= 0.6 is 0 Å². The van der Waals surface area contributed by atoms with Crippen molar-refractivity contribution < 1.29 is 72.0 Å². The van der Waals surface area contributed by atoms with Gasteiger partial charge in [0.25, 0.3) is 0 Å². The van der Waals surface area contributed by atoms with Gasteiger partial charge in [0.05, 0.1) is 29.9 Å². The van der Waals surface area contributed by atoms with E-state index in [0.29, 0.717) is 11.1 Å². The molecule has 5 rings (SSSR count). The number of aromatic hydroxyl groups is 2. The molecule has 244 valence electrons. The number of hydrogen-bond acceptors (Lipinski definition) is 12. The third kappa shape index (κ3) is 5.62. The predicted molar refractivity (Wildman–Crippen MR) is 144 cm³/mol. The Bertz CT molecular complexity index is 1540. The van der Waals surface area contributed by atoms with Gasteiger partial charge in [-0.3, -0.25) is 14.4 Å². The zero-order valence-corrected chi connectivity index (χ0v) is 24.1. The highest BCUT2D eigenvalue weighted by atomic mass is 19.4. The Morgan fingerprint density at radius 2 is 1.84 bits per heavy atom.